The number of hydrogen-bond donors (Lipinski definition) is 2. The molecule has 2 N–H and O–H groups in total. The van der Waals surface area contributed by atoms with Gasteiger partial charge in [0.25, 0.3) is 5.91 Å². The van der Waals surface area contributed by atoms with Gasteiger partial charge in [-0.05, 0) is 48.7 Å². The summed E-state index contributed by atoms with van der Waals surface area (Å²) < 4.78 is 12.7. The van der Waals surface area contributed by atoms with Gasteiger partial charge in [0.05, 0.1) is 16.2 Å². The van der Waals surface area contributed by atoms with E-state index < -0.39 is 22.3 Å². The Bertz CT molecular complexity index is 873. The second-order valence-corrected chi connectivity index (χ2v) is 8.71. The highest BCUT2D eigenvalue weighted by atomic mass is 35.5. The van der Waals surface area contributed by atoms with Crippen LogP contribution in [0.25, 0.3) is 0 Å². The first-order valence-corrected chi connectivity index (χ1v) is 10.5. The van der Waals surface area contributed by atoms with Gasteiger partial charge in [-0.1, -0.05) is 30.9 Å². The maximum Gasteiger partial charge on any atom is 0.252 e. The number of carbonyl (C=O) groups excluding carboxylic acids is 1. The Kier molecular flexibility index (Phi) is 6.47. The molecule has 1 atom stereocenters. The molecular weight excluding hydrogens is 409 g/mol. The van der Waals surface area contributed by atoms with E-state index in [0.29, 0.717) is 17.7 Å². The first-order valence-electron chi connectivity index (χ1n) is 8.58. The summed E-state index contributed by atoms with van der Waals surface area (Å²) in [5.41, 5.74) is -0.680. The van der Waals surface area contributed by atoms with Crippen LogP contribution in [0.4, 0.5) is 0 Å². The fourth-order valence-corrected chi connectivity index (χ4v) is 4.48. The number of carbonyl (C=O) groups is 1. The van der Waals surface area contributed by atoms with Crippen molar-refractivity contribution >= 4 is 39.9 Å². The van der Waals surface area contributed by atoms with Crippen LogP contribution in [0.5, 0.6) is 0 Å². The van der Waals surface area contributed by atoms with E-state index in [0.717, 1.165) is 19.3 Å². The Morgan fingerprint density at radius 1 is 1.22 bits per heavy atom. The quantitative estimate of drug-likeness (QED) is 0.563. The molecule has 0 bridgehead atoms. The van der Waals surface area contributed by atoms with Crippen molar-refractivity contribution in [1.82, 2.24) is 15.3 Å². The lowest BCUT2D eigenvalue weighted by atomic mass is 9.85. The molecule has 0 aliphatic heterocycles. The van der Waals surface area contributed by atoms with Gasteiger partial charge in [-0.2, -0.15) is 0 Å². The predicted octanol–water partition coefficient (Wildman–Crippen LogP) is 3.38. The SMILES string of the molecule is O=C(NCC1(O)CCCCC1)c1cc(S(=O)c2ccnc(Cl)n2)ccc1Cl. The van der Waals surface area contributed by atoms with E-state index in [2.05, 4.69) is 15.3 Å². The van der Waals surface area contributed by atoms with Crippen molar-refractivity contribution in [3.8, 4) is 0 Å². The third-order valence-corrected chi connectivity index (χ3v) is 6.35. The molecule has 3 rings (SSSR count). The summed E-state index contributed by atoms with van der Waals surface area (Å²) in [6, 6.07) is 6.05. The van der Waals surface area contributed by atoms with E-state index in [1.807, 2.05) is 0 Å². The summed E-state index contributed by atoms with van der Waals surface area (Å²) in [5.74, 6) is -0.418. The third kappa shape index (κ3) is 5.04. The second-order valence-electron chi connectivity index (χ2n) is 6.54. The minimum atomic E-state index is -1.63. The number of benzene rings is 1. The molecule has 1 aromatic heterocycles. The Labute approximate surface area is 169 Å². The molecule has 144 valence electrons. The molecule has 1 aliphatic carbocycles. The predicted molar refractivity (Wildman–Crippen MR) is 104 cm³/mol. The van der Waals surface area contributed by atoms with Gasteiger partial charge >= 0.3 is 0 Å². The summed E-state index contributed by atoms with van der Waals surface area (Å²) in [4.78, 5) is 20.6. The number of amides is 1. The highest BCUT2D eigenvalue weighted by Crippen LogP contribution is 2.28. The molecule has 1 saturated carbocycles. The zero-order chi connectivity index (χ0) is 19.4. The lowest BCUT2D eigenvalue weighted by molar-refractivity contribution is 0.00525. The maximum absolute atomic E-state index is 12.7. The fraction of sp³-hybridized carbons (Fsp3) is 0.389. The molecule has 9 heteroatoms. The van der Waals surface area contributed by atoms with Crippen LogP contribution in [0.3, 0.4) is 0 Å². The fourth-order valence-electron chi connectivity index (χ4n) is 3.06. The molecular formula is C18H19Cl2N3O3S. The Morgan fingerprint density at radius 2 is 1.96 bits per heavy atom. The van der Waals surface area contributed by atoms with Gasteiger partial charge in [-0.25, -0.2) is 14.2 Å². The molecule has 1 amide bonds. The Hall–Kier alpha value is -1.54. The van der Waals surface area contributed by atoms with Gasteiger partial charge in [0.15, 0.2) is 0 Å². The normalized spacial score (nSPS) is 17.3. The van der Waals surface area contributed by atoms with Crippen LogP contribution in [0.15, 0.2) is 40.4 Å². The van der Waals surface area contributed by atoms with E-state index in [9.17, 15) is 14.1 Å². The van der Waals surface area contributed by atoms with Gasteiger partial charge in [-0.15, -0.1) is 0 Å². The van der Waals surface area contributed by atoms with E-state index in [4.69, 9.17) is 23.2 Å². The number of aromatic nitrogens is 2. The summed E-state index contributed by atoms with van der Waals surface area (Å²) in [5, 5.41) is 13.7. The van der Waals surface area contributed by atoms with E-state index in [1.165, 1.54) is 24.4 Å². The van der Waals surface area contributed by atoms with Crippen molar-refractivity contribution in [2.45, 2.75) is 47.6 Å². The molecule has 0 saturated heterocycles. The van der Waals surface area contributed by atoms with Gasteiger partial charge < -0.3 is 10.4 Å². The lowest BCUT2D eigenvalue weighted by Gasteiger charge is -2.32. The molecule has 6 nitrogen and oxygen atoms in total. The molecule has 1 aromatic carbocycles. The monoisotopic (exact) mass is 427 g/mol. The molecule has 2 aromatic rings. The van der Waals surface area contributed by atoms with Gasteiger partial charge in [0, 0.05) is 17.6 Å². The van der Waals surface area contributed by atoms with Gasteiger partial charge in [0.2, 0.25) is 5.28 Å². The largest absolute Gasteiger partial charge is 0.388 e. The van der Waals surface area contributed by atoms with Gasteiger partial charge in [0.1, 0.15) is 15.8 Å². The van der Waals surface area contributed by atoms with E-state index in [-0.39, 0.29) is 27.4 Å². The molecule has 1 aliphatic rings. The second kappa shape index (κ2) is 8.65. The summed E-state index contributed by atoms with van der Waals surface area (Å²) in [6.07, 6.45) is 5.74. The highest BCUT2D eigenvalue weighted by Gasteiger charge is 2.29. The molecule has 1 heterocycles. The van der Waals surface area contributed by atoms with Crippen LogP contribution >= 0.6 is 23.2 Å². The Morgan fingerprint density at radius 3 is 2.67 bits per heavy atom. The molecule has 0 radical (unpaired) electrons. The zero-order valence-electron chi connectivity index (χ0n) is 14.5. The average Bonchev–Trinajstić information content (AvgIpc) is 2.66. The first kappa shape index (κ1) is 20.2. The average molecular weight is 428 g/mol. The maximum atomic E-state index is 12.7. The van der Waals surface area contributed by atoms with Crippen LogP contribution in [-0.2, 0) is 10.8 Å². The van der Waals surface area contributed by atoms with E-state index >= 15 is 0 Å². The Balaban J connectivity index is 1.76. The number of halogens is 2. The molecule has 0 spiro atoms. The number of rotatable bonds is 5. The first-order chi connectivity index (χ1) is 12.9. The third-order valence-electron chi connectivity index (χ3n) is 4.55. The topological polar surface area (TPSA) is 92.2 Å². The number of nitrogens with one attached hydrogen (secondary N) is 1. The van der Waals surface area contributed by atoms with Crippen LogP contribution in [0.2, 0.25) is 10.3 Å². The minimum absolute atomic E-state index is 0.00601. The van der Waals surface area contributed by atoms with E-state index in [1.54, 1.807) is 6.07 Å². The summed E-state index contributed by atoms with van der Waals surface area (Å²) in [7, 11) is -1.63. The summed E-state index contributed by atoms with van der Waals surface area (Å²) in [6.45, 7) is 0.164. The standard InChI is InChI=1S/C18H19Cl2N3O3S/c19-14-5-4-12(27(26)15-6-9-21-17(20)23-15)10-13(14)16(24)22-11-18(25)7-2-1-3-8-18/h4-6,9-10,25H,1-3,7-8,11H2,(H,22,24). The van der Waals surface area contributed by atoms with Crippen LogP contribution in [0, 0.1) is 0 Å². The minimum Gasteiger partial charge on any atom is -0.388 e. The van der Waals surface area contributed by atoms with Crippen LogP contribution in [-0.4, -0.2) is 37.3 Å². The van der Waals surface area contributed by atoms with Crippen LogP contribution in [0.1, 0.15) is 42.5 Å². The van der Waals surface area contributed by atoms with Crippen molar-refractivity contribution in [2.24, 2.45) is 0 Å². The molecule has 1 unspecified atom stereocenters. The van der Waals surface area contributed by atoms with Crippen molar-refractivity contribution in [1.29, 1.82) is 0 Å². The van der Waals surface area contributed by atoms with Crippen molar-refractivity contribution in [3.63, 3.8) is 0 Å². The highest BCUT2D eigenvalue weighted by molar-refractivity contribution is 7.85. The molecule has 27 heavy (non-hydrogen) atoms. The number of nitrogens with zero attached hydrogens (tertiary/aromatic N) is 2. The lowest BCUT2D eigenvalue weighted by Crippen LogP contribution is -2.44. The van der Waals surface area contributed by atoms with Crippen molar-refractivity contribution in [3.05, 3.63) is 46.3 Å². The number of hydrogen-bond acceptors (Lipinski definition) is 5. The van der Waals surface area contributed by atoms with Crippen molar-refractivity contribution < 1.29 is 14.1 Å². The zero-order valence-corrected chi connectivity index (χ0v) is 16.8. The van der Waals surface area contributed by atoms with Crippen LogP contribution < -0.4 is 5.32 Å². The smallest absolute Gasteiger partial charge is 0.252 e. The van der Waals surface area contributed by atoms with Gasteiger partial charge in [-0.3, -0.25) is 4.79 Å². The van der Waals surface area contributed by atoms with Crippen molar-refractivity contribution in [2.75, 3.05) is 6.54 Å². The summed E-state index contributed by atoms with van der Waals surface area (Å²) >= 11 is 11.9. The molecule has 1 fully saturated rings. The number of aliphatic hydroxyl groups is 1.